The highest BCUT2D eigenvalue weighted by Crippen LogP contribution is 2.37. The van der Waals surface area contributed by atoms with Crippen molar-refractivity contribution in [1.82, 2.24) is 0 Å². The van der Waals surface area contributed by atoms with Gasteiger partial charge < -0.3 is 24.1 Å². The molecule has 0 amide bonds. The van der Waals surface area contributed by atoms with Gasteiger partial charge in [0.05, 0.1) is 0 Å². The summed E-state index contributed by atoms with van der Waals surface area (Å²) in [6.45, 7) is -0.334. The summed E-state index contributed by atoms with van der Waals surface area (Å²) in [5.74, 6) is 0.677. The second-order valence-electron chi connectivity index (χ2n) is 5.91. The van der Waals surface area contributed by atoms with Crippen molar-refractivity contribution in [3.8, 4) is 17.2 Å². The smallest absolute Gasteiger partial charge is 0.231 e. The number of aliphatic hydroxyl groups is 1. The van der Waals surface area contributed by atoms with E-state index in [1.54, 1.807) is 35.3 Å². The Labute approximate surface area is 153 Å². The molecular formula is C19H17N2O6+. The van der Waals surface area contributed by atoms with E-state index in [4.69, 9.17) is 13.9 Å². The molecule has 1 aromatic carbocycles. The molecule has 8 heteroatoms. The molecule has 0 radical (unpaired) electrons. The number of nitrogens with one attached hydrogen (secondary N) is 1. The Bertz CT molecular complexity index is 1020. The van der Waals surface area contributed by atoms with Gasteiger partial charge in [-0.2, -0.15) is 5.43 Å². The predicted molar refractivity (Wildman–Crippen MR) is 93.0 cm³/mol. The number of hydrogen-bond donors (Lipinski definition) is 3. The average molecular weight is 369 g/mol. The van der Waals surface area contributed by atoms with Crippen molar-refractivity contribution in [1.29, 1.82) is 0 Å². The number of ether oxygens (including phenoxy) is 2. The van der Waals surface area contributed by atoms with E-state index < -0.39 is 23.8 Å². The minimum Gasteiger partial charge on any atom is -0.502 e. The molecule has 8 nitrogen and oxygen atoms in total. The zero-order chi connectivity index (χ0) is 18.8. The summed E-state index contributed by atoms with van der Waals surface area (Å²) in [5.41, 5.74) is 3.21. The van der Waals surface area contributed by atoms with Crippen LogP contribution in [0.25, 0.3) is 0 Å². The third kappa shape index (κ3) is 3.30. The van der Waals surface area contributed by atoms with Crippen LogP contribution in [0.2, 0.25) is 0 Å². The van der Waals surface area contributed by atoms with E-state index in [2.05, 4.69) is 5.43 Å². The van der Waals surface area contributed by atoms with Crippen LogP contribution in [0.4, 0.5) is 0 Å². The van der Waals surface area contributed by atoms with Crippen molar-refractivity contribution in [3.05, 3.63) is 82.2 Å². The first-order valence-electron chi connectivity index (χ1n) is 8.25. The zero-order valence-corrected chi connectivity index (χ0v) is 14.2. The van der Waals surface area contributed by atoms with Crippen molar-refractivity contribution in [2.45, 2.75) is 12.6 Å². The van der Waals surface area contributed by atoms with E-state index in [1.165, 1.54) is 0 Å². The fourth-order valence-corrected chi connectivity index (χ4v) is 2.84. The van der Waals surface area contributed by atoms with Gasteiger partial charge in [0.25, 0.3) is 0 Å². The molecule has 0 saturated carbocycles. The maximum absolute atomic E-state index is 12.1. The number of fused-ring (bicyclic) bond motifs is 1. The highest BCUT2D eigenvalue weighted by atomic mass is 16.7. The first kappa shape index (κ1) is 16.9. The number of aromatic nitrogens is 1. The van der Waals surface area contributed by atoms with Crippen LogP contribution in [0.1, 0.15) is 23.1 Å². The van der Waals surface area contributed by atoms with Crippen LogP contribution >= 0.6 is 0 Å². The van der Waals surface area contributed by atoms with E-state index in [0.717, 1.165) is 6.07 Å². The van der Waals surface area contributed by atoms with Gasteiger partial charge in [-0.05, 0) is 17.7 Å². The first-order valence-corrected chi connectivity index (χ1v) is 8.25. The van der Waals surface area contributed by atoms with Crippen molar-refractivity contribution in [2.75, 3.05) is 12.2 Å². The quantitative estimate of drug-likeness (QED) is 0.580. The summed E-state index contributed by atoms with van der Waals surface area (Å²) in [4.78, 5) is 12.1. The van der Waals surface area contributed by atoms with Crippen LogP contribution in [0.3, 0.4) is 0 Å². The summed E-state index contributed by atoms with van der Waals surface area (Å²) < 4.78 is 18.0. The predicted octanol–water partition coefficient (Wildman–Crippen LogP) is 1.19. The van der Waals surface area contributed by atoms with Gasteiger partial charge >= 0.3 is 0 Å². The van der Waals surface area contributed by atoms with E-state index in [-0.39, 0.29) is 18.3 Å². The minimum absolute atomic E-state index is 0.0123. The number of pyridine rings is 1. The molecule has 1 aliphatic rings. The fraction of sp³-hybridized carbons (Fsp3) is 0.158. The van der Waals surface area contributed by atoms with Gasteiger partial charge in [0, 0.05) is 18.2 Å². The van der Waals surface area contributed by atoms with Crippen LogP contribution in [0, 0.1) is 0 Å². The molecule has 0 spiro atoms. The van der Waals surface area contributed by atoms with Gasteiger partial charge in [0.15, 0.2) is 35.7 Å². The molecule has 3 heterocycles. The lowest BCUT2D eigenvalue weighted by molar-refractivity contribution is -0.653. The molecule has 27 heavy (non-hydrogen) atoms. The second kappa shape index (κ2) is 7.00. The molecule has 3 N–H and O–H groups in total. The lowest BCUT2D eigenvalue weighted by Crippen LogP contribution is -2.46. The summed E-state index contributed by atoms with van der Waals surface area (Å²) in [5, 5.41) is 19.7. The average Bonchev–Trinajstić information content (AvgIpc) is 3.17. The minimum atomic E-state index is -0.730. The van der Waals surface area contributed by atoms with Crippen LogP contribution in [0.15, 0.2) is 64.1 Å². The van der Waals surface area contributed by atoms with Crippen molar-refractivity contribution >= 4 is 0 Å². The maximum atomic E-state index is 12.1. The van der Waals surface area contributed by atoms with E-state index in [1.807, 2.05) is 18.2 Å². The lowest BCUT2D eigenvalue weighted by atomic mass is 10.0. The summed E-state index contributed by atoms with van der Waals surface area (Å²) in [6, 6.07) is 11.1. The Balaban J connectivity index is 1.84. The van der Waals surface area contributed by atoms with Gasteiger partial charge in [0.1, 0.15) is 12.4 Å². The highest BCUT2D eigenvalue weighted by molar-refractivity contribution is 5.48. The van der Waals surface area contributed by atoms with Crippen molar-refractivity contribution < 1.29 is 28.8 Å². The number of rotatable bonds is 5. The standard InChI is InChI=1S/C19H16N2O6/c22-10-13-9-14(23)18(24)19(27-13)17(20-21-6-2-1-3-7-21)12-4-5-15-16(8-12)26-11-25-15/h1-9,17,20,22H,10-11H2/p+1. The molecule has 2 aromatic heterocycles. The lowest BCUT2D eigenvalue weighted by Gasteiger charge is -2.17. The van der Waals surface area contributed by atoms with E-state index in [9.17, 15) is 15.0 Å². The molecular weight excluding hydrogens is 352 g/mol. The number of nitrogens with zero attached hydrogens (tertiary/aromatic N) is 1. The Morgan fingerprint density at radius 1 is 1.11 bits per heavy atom. The molecule has 3 aromatic rings. The fourth-order valence-electron chi connectivity index (χ4n) is 2.84. The maximum Gasteiger partial charge on any atom is 0.231 e. The monoisotopic (exact) mass is 369 g/mol. The number of hydrogen-bond acceptors (Lipinski definition) is 7. The topological polar surface area (TPSA) is 105 Å². The van der Waals surface area contributed by atoms with Crippen molar-refractivity contribution in [2.24, 2.45) is 0 Å². The molecule has 138 valence electrons. The first-order chi connectivity index (χ1) is 13.2. The van der Waals surface area contributed by atoms with Gasteiger partial charge in [-0.15, -0.1) is 0 Å². The normalized spacial score (nSPS) is 13.4. The van der Waals surface area contributed by atoms with Crippen LogP contribution in [-0.2, 0) is 6.61 Å². The largest absolute Gasteiger partial charge is 0.502 e. The summed E-state index contributed by atoms with van der Waals surface area (Å²) >= 11 is 0. The Morgan fingerprint density at radius 2 is 1.89 bits per heavy atom. The van der Waals surface area contributed by atoms with Gasteiger partial charge in [-0.25, -0.2) is 0 Å². The van der Waals surface area contributed by atoms with Gasteiger partial charge in [0.2, 0.25) is 18.0 Å². The van der Waals surface area contributed by atoms with Gasteiger partial charge in [-0.3, -0.25) is 4.79 Å². The van der Waals surface area contributed by atoms with Crippen LogP contribution in [0.5, 0.6) is 17.2 Å². The molecule has 0 fully saturated rings. The van der Waals surface area contributed by atoms with Crippen LogP contribution < -0.4 is 25.0 Å². The third-order valence-electron chi connectivity index (χ3n) is 4.14. The van der Waals surface area contributed by atoms with Gasteiger partial charge in [-0.1, -0.05) is 16.8 Å². The number of benzene rings is 1. The molecule has 0 saturated heterocycles. The van der Waals surface area contributed by atoms with E-state index in [0.29, 0.717) is 17.1 Å². The SMILES string of the molecule is O=c1cc(CO)oc(C(N[n+]2ccccc2)c2ccc3c(c2)OCO3)c1O. The second-order valence-corrected chi connectivity index (χ2v) is 5.91. The molecule has 0 aliphatic carbocycles. The molecule has 0 bridgehead atoms. The zero-order valence-electron chi connectivity index (χ0n) is 14.2. The summed E-state index contributed by atoms with van der Waals surface area (Å²) in [7, 11) is 0. The molecule has 1 aliphatic heterocycles. The number of aromatic hydroxyl groups is 1. The Hall–Kier alpha value is -3.52. The highest BCUT2D eigenvalue weighted by Gasteiger charge is 2.28. The Kier molecular flexibility index (Phi) is 4.39. The Morgan fingerprint density at radius 3 is 2.67 bits per heavy atom. The third-order valence-corrected chi connectivity index (χ3v) is 4.14. The molecule has 1 unspecified atom stereocenters. The molecule has 4 rings (SSSR count). The van der Waals surface area contributed by atoms with Crippen LogP contribution in [-0.4, -0.2) is 17.0 Å². The number of aliphatic hydroxyl groups excluding tert-OH is 1. The van der Waals surface area contributed by atoms with Crippen molar-refractivity contribution in [3.63, 3.8) is 0 Å². The van der Waals surface area contributed by atoms with E-state index >= 15 is 0 Å². The molecule has 1 atom stereocenters. The summed E-state index contributed by atoms with van der Waals surface area (Å²) in [6.07, 6.45) is 3.54.